The molecule has 0 saturated carbocycles. The third-order valence-electron chi connectivity index (χ3n) is 5.70. The molecule has 0 bridgehead atoms. The zero-order valence-corrected chi connectivity index (χ0v) is 22.4. The Kier molecular flexibility index (Phi) is 8.11. The molecule has 0 spiro atoms. The van der Waals surface area contributed by atoms with Gasteiger partial charge in [-0.15, -0.1) is 0 Å². The fourth-order valence-corrected chi connectivity index (χ4v) is 3.68. The smallest absolute Gasteiger partial charge is 0.128 e. The maximum Gasteiger partial charge on any atom is 0.128 e. The summed E-state index contributed by atoms with van der Waals surface area (Å²) in [6.45, 7) is 17.3. The van der Waals surface area contributed by atoms with Gasteiger partial charge in [-0.3, -0.25) is 9.97 Å². The number of pyridine rings is 2. The van der Waals surface area contributed by atoms with Crippen molar-refractivity contribution in [3.05, 3.63) is 96.3 Å². The van der Waals surface area contributed by atoms with Crippen molar-refractivity contribution in [1.82, 2.24) is 9.97 Å². The highest BCUT2D eigenvalue weighted by molar-refractivity contribution is 5.65. The highest BCUT2D eigenvalue weighted by atomic mass is 16.5. The van der Waals surface area contributed by atoms with Crippen LogP contribution in [0, 0.1) is 0 Å². The molecule has 0 amide bonds. The number of rotatable bonds is 4. The van der Waals surface area contributed by atoms with E-state index in [1.165, 1.54) is 11.1 Å². The van der Waals surface area contributed by atoms with Gasteiger partial charge in [0.15, 0.2) is 0 Å². The van der Waals surface area contributed by atoms with Gasteiger partial charge >= 0.3 is 0 Å². The molecule has 0 aliphatic rings. The zero-order chi connectivity index (χ0) is 25.6. The highest BCUT2D eigenvalue weighted by Crippen LogP contribution is 2.36. The molecule has 2 aromatic heterocycles. The van der Waals surface area contributed by atoms with Gasteiger partial charge in [-0.25, -0.2) is 0 Å². The van der Waals surface area contributed by atoms with Crippen LogP contribution in [-0.4, -0.2) is 9.97 Å². The summed E-state index contributed by atoms with van der Waals surface area (Å²) < 4.78 is 6.52. The normalized spacial score (nSPS) is 11.4. The van der Waals surface area contributed by atoms with Crippen LogP contribution in [-0.2, 0) is 10.8 Å². The predicted octanol–water partition coefficient (Wildman–Crippen LogP) is 9.22. The van der Waals surface area contributed by atoms with Crippen LogP contribution in [0.3, 0.4) is 0 Å². The maximum atomic E-state index is 6.52. The summed E-state index contributed by atoms with van der Waals surface area (Å²) in [7, 11) is 0. The summed E-state index contributed by atoms with van der Waals surface area (Å²) in [6.07, 6.45) is 3.65. The minimum Gasteiger partial charge on any atom is -0.457 e. The van der Waals surface area contributed by atoms with Crippen LogP contribution in [0.15, 0.2) is 85.2 Å². The van der Waals surface area contributed by atoms with Crippen LogP contribution in [0.1, 0.15) is 66.5 Å². The molecular weight excluding hydrogens is 428 g/mol. The van der Waals surface area contributed by atoms with Gasteiger partial charge in [-0.05, 0) is 82.6 Å². The molecule has 0 atom stereocenters. The molecule has 2 heterocycles. The first-order valence-electron chi connectivity index (χ1n) is 12.4. The molecular formula is C32H38N2O. The van der Waals surface area contributed by atoms with E-state index < -0.39 is 0 Å². The minimum absolute atomic E-state index is 0.0186. The molecule has 3 heteroatoms. The quantitative estimate of drug-likeness (QED) is 0.301. The molecule has 2 aromatic carbocycles. The Morgan fingerprint density at radius 1 is 0.543 bits per heavy atom. The number of ether oxygens (including phenoxy) is 1. The van der Waals surface area contributed by atoms with Crippen molar-refractivity contribution in [2.24, 2.45) is 0 Å². The van der Waals surface area contributed by atoms with Gasteiger partial charge in [0.25, 0.3) is 0 Å². The van der Waals surface area contributed by atoms with E-state index in [-0.39, 0.29) is 10.8 Å². The van der Waals surface area contributed by atoms with Crippen LogP contribution in [0.2, 0.25) is 0 Å². The lowest BCUT2D eigenvalue weighted by atomic mass is 9.85. The van der Waals surface area contributed by atoms with Gasteiger partial charge in [0.2, 0.25) is 0 Å². The second kappa shape index (κ2) is 10.9. The van der Waals surface area contributed by atoms with Gasteiger partial charge in [0, 0.05) is 23.5 Å². The lowest BCUT2D eigenvalue weighted by molar-refractivity contribution is 0.475. The Bertz CT molecular complexity index is 1140. The summed E-state index contributed by atoms with van der Waals surface area (Å²) >= 11 is 0. The average molecular weight is 467 g/mol. The standard InChI is InChI=1S/C30H32N2O.C2H6/c1-29(2,3)23-15-21(27-11-7-9-13-31-27)17-25(19-23)33-26-18-22(28-12-8-10-14-32-28)16-24(20-26)30(4,5)6;1-2/h7-20H,1-6H3;1-2H3. The molecule has 182 valence electrons. The van der Waals surface area contributed by atoms with Crippen molar-refractivity contribution in [2.75, 3.05) is 0 Å². The fourth-order valence-electron chi connectivity index (χ4n) is 3.68. The van der Waals surface area contributed by atoms with Crippen LogP contribution >= 0.6 is 0 Å². The van der Waals surface area contributed by atoms with E-state index in [1.54, 1.807) is 0 Å². The zero-order valence-electron chi connectivity index (χ0n) is 22.4. The molecule has 0 fully saturated rings. The SMILES string of the molecule is CC.CC(C)(C)c1cc(Oc2cc(-c3ccccn3)cc(C(C)(C)C)c2)cc(-c2ccccn2)c1. The summed E-state index contributed by atoms with van der Waals surface area (Å²) in [5.41, 5.74) is 6.35. The van der Waals surface area contributed by atoms with Crippen molar-refractivity contribution in [1.29, 1.82) is 0 Å². The number of hydrogen-bond donors (Lipinski definition) is 0. The lowest BCUT2D eigenvalue weighted by Crippen LogP contribution is -2.12. The third kappa shape index (κ3) is 6.79. The maximum absolute atomic E-state index is 6.52. The lowest BCUT2D eigenvalue weighted by Gasteiger charge is -2.23. The summed E-state index contributed by atoms with van der Waals surface area (Å²) in [5, 5.41) is 0. The Morgan fingerprint density at radius 3 is 1.26 bits per heavy atom. The van der Waals surface area contributed by atoms with E-state index >= 15 is 0 Å². The second-order valence-corrected chi connectivity index (χ2v) is 10.5. The minimum atomic E-state index is -0.0186. The van der Waals surface area contributed by atoms with E-state index in [2.05, 4.69) is 87.9 Å². The van der Waals surface area contributed by atoms with Crippen molar-refractivity contribution < 1.29 is 4.74 Å². The summed E-state index contributed by atoms with van der Waals surface area (Å²) in [5.74, 6) is 1.61. The Balaban J connectivity index is 0.00000167. The molecule has 0 aliphatic carbocycles. The monoisotopic (exact) mass is 466 g/mol. The number of nitrogens with zero attached hydrogens (tertiary/aromatic N) is 2. The third-order valence-corrected chi connectivity index (χ3v) is 5.70. The van der Waals surface area contributed by atoms with Crippen LogP contribution in [0.5, 0.6) is 11.5 Å². The number of aromatic nitrogens is 2. The molecule has 3 nitrogen and oxygen atoms in total. The first kappa shape index (κ1) is 26.2. The highest BCUT2D eigenvalue weighted by Gasteiger charge is 2.19. The molecule has 0 saturated heterocycles. The average Bonchev–Trinajstić information content (AvgIpc) is 2.85. The largest absolute Gasteiger partial charge is 0.457 e. The van der Waals surface area contributed by atoms with Gasteiger partial charge in [0.05, 0.1) is 11.4 Å². The van der Waals surface area contributed by atoms with E-state index in [0.717, 1.165) is 34.0 Å². The van der Waals surface area contributed by atoms with Gasteiger partial charge in [-0.1, -0.05) is 67.5 Å². The van der Waals surface area contributed by atoms with Gasteiger partial charge < -0.3 is 4.74 Å². The molecule has 0 unspecified atom stereocenters. The van der Waals surface area contributed by atoms with Gasteiger partial charge in [0.1, 0.15) is 11.5 Å². The molecule has 0 radical (unpaired) electrons. The van der Waals surface area contributed by atoms with Crippen molar-refractivity contribution >= 4 is 0 Å². The first-order valence-corrected chi connectivity index (χ1v) is 12.4. The van der Waals surface area contributed by atoms with Crippen LogP contribution in [0.4, 0.5) is 0 Å². The molecule has 4 aromatic rings. The molecule has 35 heavy (non-hydrogen) atoms. The fraction of sp³-hybridized carbons (Fsp3) is 0.312. The Morgan fingerprint density at radius 2 is 0.943 bits per heavy atom. The van der Waals surface area contributed by atoms with E-state index in [0.29, 0.717) is 0 Å². The molecule has 4 rings (SSSR count). The Hall–Kier alpha value is -3.46. The van der Waals surface area contributed by atoms with Gasteiger partial charge in [-0.2, -0.15) is 0 Å². The molecule has 0 aliphatic heterocycles. The van der Waals surface area contributed by atoms with Crippen molar-refractivity contribution in [2.45, 2.75) is 66.2 Å². The predicted molar refractivity (Wildman–Crippen MR) is 148 cm³/mol. The van der Waals surface area contributed by atoms with Crippen molar-refractivity contribution in [3.8, 4) is 34.0 Å². The topological polar surface area (TPSA) is 35.0 Å². The van der Waals surface area contributed by atoms with Crippen molar-refractivity contribution in [3.63, 3.8) is 0 Å². The van der Waals surface area contributed by atoms with E-state index in [9.17, 15) is 0 Å². The van der Waals surface area contributed by atoms with E-state index in [1.807, 2.05) is 62.6 Å². The Labute approximate surface area is 211 Å². The number of hydrogen-bond acceptors (Lipinski definition) is 3. The number of benzene rings is 2. The summed E-state index contributed by atoms with van der Waals surface area (Å²) in [6, 6.07) is 24.8. The van der Waals surface area contributed by atoms with Crippen LogP contribution < -0.4 is 4.74 Å². The first-order chi connectivity index (χ1) is 16.6. The van der Waals surface area contributed by atoms with E-state index in [4.69, 9.17) is 4.74 Å². The second-order valence-electron chi connectivity index (χ2n) is 10.5. The molecule has 0 N–H and O–H groups in total. The summed E-state index contributed by atoms with van der Waals surface area (Å²) in [4.78, 5) is 9.11. The van der Waals surface area contributed by atoms with Crippen LogP contribution in [0.25, 0.3) is 22.5 Å².